The number of ketones is 1. The number of rotatable bonds is 6. The minimum Gasteiger partial charge on any atom is -0.505 e. The van der Waals surface area contributed by atoms with Crippen LogP contribution in [0, 0.1) is 29.1 Å². The van der Waals surface area contributed by atoms with Crippen molar-refractivity contribution in [3.05, 3.63) is 57.4 Å². The average molecular weight is 434 g/mol. The van der Waals surface area contributed by atoms with E-state index in [-0.39, 0.29) is 0 Å². The van der Waals surface area contributed by atoms with Crippen LogP contribution in [-0.2, 0) is 16.0 Å². The van der Waals surface area contributed by atoms with Gasteiger partial charge in [-0.15, -0.1) is 0 Å². The maximum atomic E-state index is 14.2. The predicted molar refractivity (Wildman–Crippen MR) is 86.7 cm³/mol. The van der Waals surface area contributed by atoms with Gasteiger partial charge in [0.2, 0.25) is 11.6 Å². The van der Waals surface area contributed by atoms with Crippen LogP contribution in [0.3, 0.4) is 0 Å². The normalized spacial score (nSPS) is 10.7. The molecule has 0 atom stereocenters. The number of phenolic OH excluding ortho intramolecular Hbond substituents is 2. The third-order valence-electron chi connectivity index (χ3n) is 4.07. The van der Waals surface area contributed by atoms with E-state index in [4.69, 9.17) is 5.11 Å². The van der Waals surface area contributed by atoms with Crippen LogP contribution in [0.2, 0.25) is 0 Å². The second-order valence-electron chi connectivity index (χ2n) is 5.81. The van der Waals surface area contributed by atoms with E-state index < -0.39 is 93.4 Å². The number of hydrogen-bond acceptors (Lipinski definition) is 6. The molecule has 2 rings (SSSR count). The third-order valence-corrected chi connectivity index (χ3v) is 4.07. The largest absolute Gasteiger partial charge is 0.505 e. The van der Waals surface area contributed by atoms with Crippen LogP contribution < -0.4 is 0 Å². The zero-order valence-corrected chi connectivity index (χ0v) is 14.9. The molecule has 0 aliphatic rings. The molecule has 2 aromatic carbocycles. The number of ether oxygens (including phenoxy) is 1. The van der Waals surface area contributed by atoms with Gasteiger partial charge < -0.3 is 20.1 Å². The number of carbonyl (C=O) groups excluding carboxylic acids is 2. The van der Waals surface area contributed by atoms with Crippen molar-refractivity contribution in [3.63, 3.8) is 0 Å². The summed E-state index contributed by atoms with van der Waals surface area (Å²) in [6.45, 7) is 0. The maximum Gasteiger partial charge on any atom is 0.339 e. The summed E-state index contributed by atoms with van der Waals surface area (Å²) in [6.07, 6.45) is -0.882. The van der Waals surface area contributed by atoms with Crippen LogP contribution in [0.5, 0.6) is 11.5 Å². The van der Waals surface area contributed by atoms with Crippen LogP contribution in [0.4, 0.5) is 22.0 Å². The average Bonchev–Trinajstić information content (AvgIpc) is 2.71. The first-order valence-electron chi connectivity index (χ1n) is 7.87. The summed E-state index contributed by atoms with van der Waals surface area (Å²) in [4.78, 5) is 35.0. The quantitative estimate of drug-likeness (QED) is 0.210. The smallest absolute Gasteiger partial charge is 0.339 e. The lowest BCUT2D eigenvalue weighted by Gasteiger charge is -2.13. The highest BCUT2D eigenvalue weighted by atomic mass is 19.2. The predicted octanol–water partition coefficient (Wildman–Crippen LogP) is 2.83. The Morgan fingerprint density at radius 2 is 1.40 bits per heavy atom. The standard InChI is InChI=1S/C18H11F5O7/c1-30-7(24)3-2-5-4-6(17(27)14(23)15(5)25)16(26)8-9(18(28)29)11(20)13(22)12(21)10(8)19/h4,25,27H,2-3H2,1H3,(H,28,29). The first-order valence-corrected chi connectivity index (χ1v) is 7.87. The molecule has 0 amide bonds. The van der Waals surface area contributed by atoms with Gasteiger partial charge in [-0.25, -0.2) is 22.4 Å². The zero-order chi connectivity index (χ0) is 22.9. The third kappa shape index (κ3) is 3.75. The number of halogens is 5. The van der Waals surface area contributed by atoms with Crippen molar-refractivity contribution in [1.29, 1.82) is 0 Å². The van der Waals surface area contributed by atoms with Crippen LogP contribution in [-0.4, -0.2) is 40.2 Å². The van der Waals surface area contributed by atoms with E-state index in [0.717, 1.165) is 7.11 Å². The zero-order valence-electron chi connectivity index (χ0n) is 14.9. The van der Waals surface area contributed by atoms with Crippen molar-refractivity contribution in [2.75, 3.05) is 7.11 Å². The number of carbonyl (C=O) groups is 3. The van der Waals surface area contributed by atoms with E-state index in [9.17, 15) is 46.5 Å². The number of aromatic carboxylic acids is 1. The fourth-order valence-electron chi connectivity index (χ4n) is 2.57. The second-order valence-corrected chi connectivity index (χ2v) is 5.81. The highest BCUT2D eigenvalue weighted by molar-refractivity contribution is 6.16. The molecule has 3 N–H and O–H groups in total. The Morgan fingerprint density at radius 3 is 1.90 bits per heavy atom. The van der Waals surface area contributed by atoms with Crippen LogP contribution in [0.15, 0.2) is 6.07 Å². The number of aromatic hydroxyl groups is 2. The van der Waals surface area contributed by atoms with Gasteiger partial charge in [-0.1, -0.05) is 0 Å². The number of phenols is 2. The maximum absolute atomic E-state index is 14.2. The summed E-state index contributed by atoms with van der Waals surface area (Å²) < 4.78 is 73.4. The van der Waals surface area contributed by atoms with E-state index in [1.165, 1.54) is 0 Å². The SMILES string of the molecule is COC(=O)CCc1cc(C(=O)c2c(F)c(F)c(F)c(F)c2C(=O)O)c(O)c(F)c1O. The molecule has 0 aliphatic heterocycles. The molecule has 7 nitrogen and oxygen atoms in total. The van der Waals surface area contributed by atoms with Crippen molar-refractivity contribution in [1.82, 2.24) is 0 Å². The summed E-state index contributed by atoms with van der Waals surface area (Å²) >= 11 is 0. The lowest BCUT2D eigenvalue weighted by atomic mass is 9.93. The summed E-state index contributed by atoms with van der Waals surface area (Å²) in [6, 6.07) is 0.559. The molecule has 0 unspecified atom stereocenters. The molecule has 12 heteroatoms. The Bertz CT molecular complexity index is 1080. The number of esters is 1. The van der Waals surface area contributed by atoms with E-state index in [2.05, 4.69) is 4.74 Å². The molecule has 0 radical (unpaired) electrons. The molecule has 160 valence electrons. The van der Waals surface area contributed by atoms with Crippen LogP contribution in [0.25, 0.3) is 0 Å². The van der Waals surface area contributed by atoms with Gasteiger partial charge in [-0.3, -0.25) is 9.59 Å². The van der Waals surface area contributed by atoms with Gasteiger partial charge in [0.1, 0.15) is 5.56 Å². The molecule has 2 aromatic rings. The van der Waals surface area contributed by atoms with Gasteiger partial charge >= 0.3 is 11.9 Å². The molecule has 0 aliphatic carbocycles. The molecule has 0 bridgehead atoms. The van der Waals surface area contributed by atoms with Gasteiger partial charge in [0.05, 0.1) is 18.2 Å². The molecular weight excluding hydrogens is 423 g/mol. The fraction of sp³-hybridized carbons (Fsp3) is 0.167. The Morgan fingerprint density at radius 1 is 0.867 bits per heavy atom. The fourth-order valence-corrected chi connectivity index (χ4v) is 2.57. The Balaban J connectivity index is 2.74. The summed E-state index contributed by atoms with van der Waals surface area (Å²) in [5, 5.41) is 28.5. The van der Waals surface area contributed by atoms with Crippen molar-refractivity contribution in [2.24, 2.45) is 0 Å². The summed E-state index contributed by atoms with van der Waals surface area (Å²) in [5.74, 6) is -19.5. The summed E-state index contributed by atoms with van der Waals surface area (Å²) in [5.41, 5.74) is -5.38. The monoisotopic (exact) mass is 434 g/mol. The lowest BCUT2D eigenvalue weighted by Crippen LogP contribution is -2.19. The van der Waals surface area contributed by atoms with Gasteiger partial charge in [0, 0.05) is 6.42 Å². The van der Waals surface area contributed by atoms with E-state index in [1.54, 1.807) is 0 Å². The van der Waals surface area contributed by atoms with Crippen molar-refractivity contribution in [2.45, 2.75) is 12.8 Å². The van der Waals surface area contributed by atoms with Crippen molar-refractivity contribution >= 4 is 17.7 Å². The molecule has 30 heavy (non-hydrogen) atoms. The van der Waals surface area contributed by atoms with E-state index >= 15 is 0 Å². The van der Waals surface area contributed by atoms with E-state index in [1.807, 2.05) is 0 Å². The topological polar surface area (TPSA) is 121 Å². The number of carboxylic acids is 1. The van der Waals surface area contributed by atoms with Gasteiger partial charge in [0.15, 0.2) is 34.8 Å². The van der Waals surface area contributed by atoms with Gasteiger partial charge in [-0.2, -0.15) is 4.39 Å². The molecule has 0 aromatic heterocycles. The molecule has 0 saturated heterocycles. The van der Waals surface area contributed by atoms with Crippen LogP contribution >= 0.6 is 0 Å². The number of methoxy groups -OCH3 is 1. The molecule has 0 fully saturated rings. The Labute approximate surface area is 163 Å². The molecule has 0 spiro atoms. The number of carboxylic acid groups (broad SMARTS) is 1. The highest BCUT2D eigenvalue weighted by Gasteiger charge is 2.35. The Hall–Kier alpha value is -3.70. The first kappa shape index (κ1) is 22.6. The molecule has 0 heterocycles. The van der Waals surface area contributed by atoms with Crippen LogP contribution in [0.1, 0.15) is 38.3 Å². The minimum absolute atomic E-state index is 0.434. The number of aryl methyl sites for hydroxylation is 1. The lowest BCUT2D eigenvalue weighted by molar-refractivity contribution is -0.140. The van der Waals surface area contributed by atoms with Gasteiger partial charge in [0.25, 0.3) is 0 Å². The van der Waals surface area contributed by atoms with E-state index in [0.29, 0.717) is 6.07 Å². The molecular formula is C18H11F5O7. The first-order chi connectivity index (χ1) is 13.9. The second kappa shape index (κ2) is 8.35. The van der Waals surface area contributed by atoms with Crippen molar-refractivity contribution in [3.8, 4) is 11.5 Å². The number of hydrogen-bond donors (Lipinski definition) is 3. The highest BCUT2D eigenvalue weighted by Crippen LogP contribution is 2.36. The molecule has 0 saturated carbocycles. The Kier molecular flexibility index (Phi) is 6.29. The number of benzene rings is 2. The van der Waals surface area contributed by atoms with Gasteiger partial charge in [-0.05, 0) is 18.1 Å². The van der Waals surface area contributed by atoms with Crippen molar-refractivity contribution < 1.29 is 56.4 Å². The summed E-state index contributed by atoms with van der Waals surface area (Å²) in [7, 11) is 1.03. The minimum atomic E-state index is -2.51.